The van der Waals surface area contributed by atoms with Crippen molar-refractivity contribution in [3.63, 3.8) is 0 Å². The summed E-state index contributed by atoms with van der Waals surface area (Å²) in [4.78, 5) is 12.3. The quantitative estimate of drug-likeness (QED) is 0.366. The Bertz CT molecular complexity index is 983. The molecule has 2 N–H and O–H groups in total. The predicted octanol–water partition coefficient (Wildman–Crippen LogP) is 4.03. The number of nitrogens with one attached hydrogen (secondary N) is 1. The average Bonchev–Trinajstić information content (AvgIpc) is 2.66. The Morgan fingerprint density at radius 3 is 2.38 bits per heavy atom. The van der Waals surface area contributed by atoms with Crippen LogP contribution in [0.3, 0.4) is 0 Å². The second kappa shape index (κ2) is 9.07. The van der Waals surface area contributed by atoms with Gasteiger partial charge in [0.2, 0.25) is 10.0 Å². The lowest BCUT2D eigenvalue weighted by molar-refractivity contribution is -0.137. The van der Waals surface area contributed by atoms with Crippen LogP contribution in [0.4, 0.5) is 0 Å². The molecular weight excluding hydrogens is 388 g/mol. The molecule has 0 radical (unpaired) electrons. The van der Waals surface area contributed by atoms with Gasteiger partial charge in [-0.1, -0.05) is 56.3 Å². The fraction of sp³-hybridized carbons (Fsp3) is 0.409. The summed E-state index contributed by atoms with van der Waals surface area (Å²) in [6.07, 6.45) is 1.96. The minimum Gasteiger partial charge on any atom is -0.289 e. The Labute approximate surface area is 173 Å². The molecular formula is C22H30N2O4S. The van der Waals surface area contributed by atoms with Crippen LogP contribution in [0.2, 0.25) is 0 Å². The molecule has 0 saturated heterocycles. The van der Waals surface area contributed by atoms with Crippen molar-refractivity contribution in [2.75, 3.05) is 6.54 Å². The van der Waals surface area contributed by atoms with Gasteiger partial charge in [0.05, 0.1) is 0 Å². The molecule has 1 amide bonds. The van der Waals surface area contributed by atoms with Gasteiger partial charge in [-0.25, -0.2) is 13.9 Å². The smallest absolute Gasteiger partial charge is 0.264 e. The maximum Gasteiger partial charge on any atom is 0.264 e. The van der Waals surface area contributed by atoms with Crippen LogP contribution in [0.15, 0.2) is 55.1 Å². The van der Waals surface area contributed by atoms with Crippen LogP contribution < -0.4 is 5.48 Å². The first-order valence-electron chi connectivity index (χ1n) is 9.63. The van der Waals surface area contributed by atoms with Crippen molar-refractivity contribution in [3.8, 4) is 0 Å². The summed E-state index contributed by atoms with van der Waals surface area (Å²) >= 11 is 0. The van der Waals surface area contributed by atoms with Gasteiger partial charge in [-0.05, 0) is 48.6 Å². The van der Waals surface area contributed by atoms with E-state index >= 15 is 0 Å². The van der Waals surface area contributed by atoms with Crippen LogP contribution in [-0.2, 0) is 14.8 Å². The van der Waals surface area contributed by atoms with E-state index in [-0.39, 0.29) is 12.5 Å². The lowest BCUT2D eigenvalue weighted by atomic mass is 10.0. The molecule has 2 aromatic carbocycles. The topological polar surface area (TPSA) is 86.7 Å². The van der Waals surface area contributed by atoms with Gasteiger partial charge in [-0.2, -0.15) is 4.31 Å². The number of carbonyl (C=O) groups is 1. The summed E-state index contributed by atoms with van der Waals surface area (Å²) in [7, 11) is -4.00. The molecule has 2 rings (SSSR count). The van der Waals surface area contributed by atoms with Crippen molar-refractivity contribution in [2.45, 2.75) is 44.9 Å². The number of benzene rings is 2. The second-order valence-corrected chi connectivity index (χ2v) is 10.0. The molecule has 0 fully saturated rings. The third-order valence-corrected chi connectivity index (χ3v) is 7.49. The van der Waals surface area contributed by atoms with Gasteiger partial charge < -0.3 is 0 Å². The van der Waals surface area contributed by atoms with E-state index in [9.17, 15) is 13.2 Å². The molecule has 6 nitrogen and oxygen atoms in total. The lowest BCUT2D eigenvalue weighted by Gasteiger charge is -2.37. The highest BCUT2D eigenvalue weighted by molar-refractivity contribution is 7.89. The molecule has 0 spiro atoms. The summed E-state index contributed by atoms with van der Waals surface area (Å²) in [6, 6.07) is 13.2. The zero-order valence-corrected chi connectivity index (χ0v) is 18.2. The largest absolute Gasteiger partial charge is 0.289 e. The molecule has 0 aromatic heterocycles. The number of hydrogen-bond donors (Lipinski definition) is 2. The Balaban J connectivity index is 2.55. The van der Waals surface area contributed by atoms with Crippen molar-refractivity contribution in [3.05, 3.63) is 60.7 Å². The molecule has 1 unspecified atom stereocenters. The normalized spacial score (nSPS) is 13.6. The highest BCUT2D eigenvalue weighted by atomic mass is 32.2. The number of fused-ring (bicyclic) bond motifs is 1. The maximum absolute atomic E-state index is 13.7. The van der Waals surface area contributed by atoms with Crippen molar-refractivity contribution in [1.82, 2.24) is 9.79 Å². The number of hydrogen-bond acceptors (Lipinski definition) is 4. The molecule has 2 aromatic rings. The summed E-state index contributed by atoms with van der Waals surface area (Å²) < 4.78 is 28.5. The lowest BCUT2D eigenvalue weighted by Crippen LogP contribution is -2.57. The first-order chi connectivity index (χ1) is 13.6. The minimum absolute atomic E-state index is 0.151. The zero-order chi connectivity index (χ0) is 21.8. The van der Waals surface area contributed by atoms with Crippen LogP contribution in [0, 0.1) is 5.92 Å². The van der Waals surface area contributed by atoms with Gasteiger partial charge in [-0.15, -0.1) is 6.58 Å². The van der Waals surface area contributed by atoms with Gasteiger partial charge in [0, 0.05) is 6.54 Å². The molecule has 29 heavy (non-hydrogen) atoms. The van der Waals surface area contributed by atoms with Crippen molar-refractivity contribution < 1.29 is 18.4 Å². The SMILES string of the molecule is C=CC(c1ccc2ccccc2c1)S(=O)(=O)N(CCC(C)C)C(C)(C)C(=O)NO. The molecule has 0 saturated carbocycles. The van der Waals surface area contributed by atoms with Gasteiger partial charge in [0.15, 0.2) is 0 Å². The molecule has 7 heteroatoms. The maximum atomic E-state index is 13.7. The first-order valence-corrected chi connectivity index (χ1v) is 11.1. The molecule has 0 bridgehead atoms. The number of sulfonamides is 1. The van der Waals surface area contributed by atoms with Gasteiger partial charge in [0.1, 0.15) is 10.8 Å². The summed E-state index contributed by atoms with van der Waals surface area (Å²) in [5.41, 5.74) is 0.701. The minimum atomic E-state index is -4.00. The van der Waals surface area contributed by atoms with Crippen LogP contribution >= 0.6 is 0 Å². The van der Waals surface area contributed by atoms with E-state index in [0.717, 1.165) is 10.8 Å². The van der Waals surface area contributed by atoms with Gasteiger partial charge >= 0.3 is 0 Å². The molecule has 0 aliphatic carbocycles. The zero-order valence-electron chi connectivity index (χ0n) is 17.4. The Morgan fingerprint density at radius 1 is 1.21 bits per heavy atom. The summed E-state index contributed by atoms with van der Waals surface area (Å²) in [6.45, 7) is 10.8. The Hall–Kier alpha value is -2.22. The number of nitrogens with zero attached hydrogens (tertiary/aromatic N) is 1. The molecule has 0 aliphatic rings. The molecule has 0 heterocycles. The third kappa shape index (κ3) is 4.86. The van der Waals surface area contributed by atoms with Crippen molar-refractivity contribution >= 4 is 26.7 Å². The Morgan fingerprint density at radius 2 is 1.83 bits per heavy atom. The monoisotopic (exact) mass is 418 g/mol. The average molecular weight is 419 g/mol. The molecule has 1 atom stereocenters. The van der Waals surface area contributed by atoms with E-state index < -0.39 is 26.7 Å². The van der Waals surface area contributed by atoms with E-state index in [2.05, 4.69) is 6.58 Å². The highest BCUT2D eigenvalue weighted by Crippen LogP contribution is 2.33. The van der Waals surface area contributed by atoms with E-state index in [1.54, 1.807) is 11.5 Å². The summed E-state index contributed by atoms with van der Waals surface area (Å²) in [5, 5.41) is 10.1. The van der Waals surface area contributed by atoms with Gasteiger partial charge in [-0.3, -0.25) is 10.0 Å². The van der Waals surface area contributed by atoms with Gasteiger partial charge in [0.25, 0.3) is 5.91 Å². The van der Waals surface area contributed by atoms with E-state index in [1.807, 2.05) is 50.2 Å². The number of hydroxylamine groups is 1. The standard InChI is InChI=1S/C22H30N2O4S/c1-6-20(19-12-11-17-9-7-8-10-18(17)15-19)29(27,28)24(14-13-16(2)3)22(4,5)21(25)23-26/h6-12,15-16,20,26H,1,13-14H2,2-5H3,(H,23,25). The number of carbonyl (C=O) groups excluding carboxylic acids is 1. The Kier molecular flexibility index (Phi) is 7.21. The van der Waals surface area contributed by atoms with Crippen LogP contribution in [0.1, 0.15) is 44.9 Å². The number of rotatable bonds is 9. The fourth-order valence-electron chi connectivity index (χ4n) is 3.30. The first kappa shape index (κ1) is 23.1. The van der Waals surface area contributed by atoms with E-state index in [1.165, 1.54) is 24.2 Å². The highest BCUT2D eigenvalue weighted by Gasteiger charge is 2.44. The molecule has 158 valence electrons. The van der Waals surface area contributed by atoms with Crippen LogP contribution in [-0.4, -0.2) is 35.9 Å². The number of amides is 1. The van der Waals surface area contributed by atoms with Crippen LogP contribution in [0.5, 0.6) is 0 Å². The van der Waals surface area contributed by atoms with E-state index in [4.69, 9.17) is 5.21 Å². The van der Waals surface area contributed by atoms with E-state index in [0.29, 0.717) is 12.0 Å². The van der Waals surface area contributed by atoms with Crippen molar-refractivity contribution in [2.24, 2.45) is 5.92 Å². The van der Waals surface area contributed by atoms with Crippen molar-refractivity contribution in [1.29, 1.82) is 0 Å². The fourth-order valence-corrected chi connectivity index (χ4v) is 5.39. The third-order valence-electron chi connectivity index (χ3n) is 5.13. The second-order valence-electron chi connectivity index (χ2n) is 8.06. The molecule has 0 aliphatic heterocycles. The predicted molar refractivity (Wildman–Crippen MR) is 116 cm³/mol. The summed E-state index contributed by atoms with van der Waals surface area (Å²) in [5.74, 6) is -0.547. The van der Waals surface area contributed by atoms with Crippen LogP contribution in [0.25, 0.3) is 10.8 Å².